The van der Waals surface area contributed by atoms with E-state index in [2.05, 4.69) is 22.0 Å². The number of para-hydroxylation sites is 1. The molecule has 0 atom stereocenters. The fourth-order valence-electron chi connectivity index (χ4n) is 1.99. The number of rotatable bonds is 4. The maximum absolute atomic E-state index is 14.5. The highest BCUT2D eigenvalue weighted by molar-refractivity contribution is 9.10. The number of benzene rings is 2. The normalized spacial score (nSPS) is 9.71. The monoisotopic (exact) mass is 343 g/mol. The van der Waals surface area contributed by atoms with Gasteiger partial charge in [0.2, 0.25) is 0 Å². The minimum Gasteiger partial charge on any atom is -0.338 e. The van der Waals surface area contributed by atoms with E-state index in [1.165, 1.54) is 0 Å². The number of hydrogen-bond acceptors (Lipinski definition) is 3. The molecule has 2 aromatic rings. The second-order valence-corrected chi connectivity index (χ2v) is 5.06. The Morgan fingerprint density at radius 1 is 1.10 bits per heavy atom. The molecule has 0 bridgehead atoms. The van der Waals surface area contributed by atoms with Gasteiger partial charge in [0.15, 0.2) is 5.82 Å². The summed E-state index contributed by atoms with van der Waals surface area (Å²) in [6.07, 6.45) is 0.270. The van der Waals surface area contributed by atoms with E-state index >= 15 is 0 Å². The minimum atomic E-state index is -0.504. The fraction of sp³-hybridized carbons (Fsp3) is 0.125. The lowest BCUT2D eigenvalue weighted by Crippen LogP contribution is -2.19. The SMILES string of the molecule is N#CCCN(c1ccccc1)c1ccc(C#N)c(Br)c1F. The summed E-state index contributed by atoms with van der Waals surface area (Å²) in [6, 6.07) is 16.4. The maximum Gasteiger partial charge on any atom is 0.162 e. The smallest absolute Gasteiger partial charge is 0.162 e. The Balaban J connectivity index is 2.50. The van der Waals surface area contributed by atoms with Crippen LogP contribution in [0.1, 0.15) is 12.0 Å². The van der Waals surface area contributed by atoms with Crippen LogP contribution in [0.4, 0.5) is 15.8 Å². The van der Waals surface area contributed by atoms with Gasteiger partial charge in [-0.2, -0.15) is 10.5 Å². The second-order valence-electron chi connectivity index (χ2n) is 4.27. The topological polar surface area (TPSA) is 50.8 Å². The molecule has 21 heavy (non-hydrogen) atoms. The van der Waals surface area contributed by atoms with Crippen LogP contribution >= 0.6 is 15.9 Å². The molecule has 0 N–H and O–H groups in total. The molecule has 104 valence electrons. The highest BCUT2D eigenvalue weighted by Crippen LogP contribution is 2.33. The first kappa shape index (κ1) is 15.0. The molecule has 2 aromatic carbocycles. The number of halogens is 2. The molecule has 2 rings (SSSR count). The highest BCUT2D eigenvalue weighted by atomic mass is 79.9. The van der Waals surface area contributed by atoms with Gasteiger partial charge >= 0.3 is 0 Å². The predicted molar refractivity (Wildman–Crippen MR) is 82.5 cm³/mol. The second kappa shape index (κ2) is 6.88. The van der Waals surface area contributed by atoms with E-state index in [4.69, 9.17) is 10.5 Å². The van der Waals surface area contributed by atoms with Gasteiger partial charge in [0.05, 0.1) is 28.2 Å². The summed E-state index contributed by atoms with van der Waals surface area (Å²) in [6.45, 7) is 0.371. The van der Waals surface area contributed by atoms with Crippen LogP contribution in [0, 0.1) is 28.5 Å². The zero-order valence-corrected chi connectivity index (χ0v) is 12.6. The van der Waals surface area contributed by atoms with Crippen LogP contribution in [0.15, 0.2) is 46.9 Å². The van der Waals surface area contributed by atoms with Gasteiger partial charge < -0.3 is 4.90 Å². The molecule has 0 heterocycles. The highest BCUT2D eigenvalue weighted by Gasteiger charge is 2.17. The predicted octanol–water partition coefficient (Wildman–Crippen LogP) is 4.51. The Hall–Kier alpha value is -2.37. The van der Waals surface area contributed by atoms with Crippen molar-refractivity contribution in [1.82, 2.24) is 0 Å². The summed E-state index contributed by atoms with van der Waals surface area (Å²) in [4.78, 5) is 1.73. The molecule has 3 nitrogen and oxygen atoms in total. The van der Waals surface area contributed by atoms with Crippen molar-refractivity contribution in [2.75, 3.05) is 11.4 Å². The molecule has 0 radical (unpaired) electrons. The molecule has 0 saturated heterocycles. The molecule has 0 saturated carbocycles. The quantitative estimate of drug-likeness (QED) is 0.820. The molecule has 0 fully saturated rings. The van der Waals surface area contributed by atoms with Crippen LogP contribution in [-0.4, -0.2) is 6.54 Å². The minimum absolute atomic E-state index is 0.139. The molecular weight excluding hydrogens is 333 g/mol. The summed E-state index contributed by atoms with van der Waals surface area (Å²) in [5.41, 5.74) is 1.37. The summed E-state index contributed by atoms with van der Waals surface area (Å²) in [7, 11) is 0. The van der Waals surface area contributed by atoms with Gasteiger partial charge in [0.25, 0.3) is 0 Å². The Labute approximate surface area is 131 Å². The lowest BCUT2D eigenvalue weighted by Gasteiger charge is -2.25. The Morgan fingerprint density at radius 2 is 1.81 bits per heavy atom. The van der Waals surface area contributed by atoms with E-state index in [0.29, 0.717) is 12.2 Å². The lowest BCUT2D eigenvalue weighted by molar-refractivity contribution is 0.618. The van der Waals surface area contributed by atoms with Gasteiger partial charge in [0, 0.05) is 12.2 Å². The molecule has 0 aromatic heterocycles. The first-order valence-electron chi connectivity index (χ1n) is 6.26. The Morgan fingerprint density at radius 3 is 2.43 bits per heavy atom. The van der Waals surface area contributed by atoms with Crippen molar-refractivity contribution >= 4 is 27.3 Å². The molecule has 0 amide bonds. The number of nitrogens with zero attached hydrogens (tertiary/aromatic N) is 3. The van der Waals surface area contributed by atoms with Gasteiger partial charge in [-0.15, -0.1) is 0 Å². The molecule has 0 aliphatic heterocycles. The van der Waals surface area contributed by atoms with Crippen LogP contribution < -0.4 is 4.90 Å². The standard InChI is InChI=1S/C16H11BrFN3/c17-15-12(11-20)7-8-14(16(15)18)21(10-4-9-19)13-5-2-1-3-6-13/h1-3,5-8H,4,10H2. The third-order valence-corrected chi connectivity index (χ3v) is 3.76. The average molecular weight is 344 g/mol. The van der Waals surface area contributed by atoms with Crippen molar-refractivity contribution in [3.05, 3.63) is 58.3 Å². The van der Waals surface area contributed by atoms with E-state index in [0.717, 1.165) is 5.69 Å². The Kier molecular flexibility index (Phi) is 4.92. The van der Waals surface area contributed by atoms with Crippen LogP contribution in [0.2, 0.25) is 0 Å². The summed E-state index contributed by atoms with van der Waals surface area (Å²) < 4.78 is 14.6. The van der Waals surface area contributed by atoms with Crippen LogP contribution in [0.25, 0.3) is 0 Å². The van der Waals surface area contributed by atoms with Crippen molar-refractivity contribution < 1.29 is 4.39 Å². The van der Waals surface area contributed by atoms with Gasteiger partial charge in [-0.25, -0.2) is 4.39 Å². The van der Waals surface area contributed by atoms with Crippen LogP contribution in [0.3, 0.4) is 0 Å². The van der Waals surface area contributed by atoms with Gasteiger partial charge in [-0.3, -0.25) is 0 Å². The van der Waals surface area contributed by atoms with Crippen molar-refractivity contribution in [3.63, 3.8) is 0 Å². The first-order chi connectivity index (χ1) is 10.2. The third-order valence-electron chi connectivity index (χ3n) is 2.99. The van der Waals surface area contributed by atoms with Crippen molar-refractivity contribution in [2.24, 2.45) is 0 Å². The first-order valence-corrected chi connectivity index (χ1v) is 7.06. The van der Waals surface area contributed by atoms with E-state index in [9.17, 15) is 4.39 Å². The molecular formula is C16H11BrFN3. The molecule has 0 aliphatic rings. The summed E-state index contributed by atoms with van der Waals surface area (Å²) >= 11 is 3.11. The van der Waals surface area contributed by atoms with Gasteiger partial charge in [-0.05, 0) is 40.2 Å². The molecule has 0 unspecified atom stereocenters. The average Bonchev–Trinajstić information content (AvgIpc) is 2.52. The zero-order chi connectivity index (χ0) is 15.2. The van der Waals surface area contributed by atoms with Gasteiger partial charge in [-0.1, -0.05) is 18.2 Å². The molecule has 0 aliphatic carbocycles. The number of anilines is 2. The van der Waals surface area contributed by atoms with Crippen molar-refractivity contribution in [1.29, 1.82) is 10.5 Å². The third kappa shape index (κ3) is 3.21. The van der Waals surface area contributed by atoms with Crippen LogP contribution in [-0.2, 0) is 0 Å². The largest absolute Gasteiger partial charge is 0.338 e. The summed E-state index contributed by atoms with van der Waals surface area (Å²) in [5, 5.41) is 17.7. The van der Waals surface area contributed by atoms with Crippen LogP contribution in [0.5, 0.6) is 0 Å². The van der Waals surface area contributed by atoms with Crippen molar-refractivity contribution in [2.45, 2.75) is 6.42 Å². The maximum atomic E-state index is 14.5. The van der Waals surface area contributed by atoms with Gasteiger partial charge in [0.1, 0.15) is 6.07 Å². The number of nitriles is 2. The summed E-state index contributed by atoms with van der Waals surface area (Å²) in [5.74, 6) is -0.504. The van der Waals surface area contributed by atoms with E-state index in [1.54, 1.807) is 17.0 Å². The van der Waals surface area contributed by atoms with E-state index in [1.807, 2.05) is 36.4 Å². The fourth-order valence-corrected chi connectivity index (χ4v) is 2.42. The Bertz CT molecular complexity index is 717. The van der Waals surface area contributed by atoms with E-state index in [-0.39, 0.29) is 16.5 Å². The number of hydrogen-bond donors (Lipinski definition) is 0. The lowest BCUT2D eigenvalue weighted by atomic mass is 10.1. The van der Waals surface area contributed by atoms with E-state index < -0.39 is 5.82 Å². The zero-order valence-electron chi connectivity index (χ0n) is 11.1. The molecule has 5 heteroatoms. The van der Waals surface area contributed by atoms with Crippen molar-refractivity contribution in [3.8, 4) is 12.1 Å². The molecule has 0 spiro atoms.